The maximum atomic E-state index is 8.99. The van der Waals surface area contributed by atoms with Gasteiger partial charge in [0.2, 0.25) is 0 Å². The van der Waals surface area contributed by atoms with Gasteiger partial charge in [0, 0.05) is 6.04 Å². The minimum Gasteiger partial charge on any atom is -0.457 e. The smallest absolute Gasteiger partial charge is 0.133 e. The molecule has 108 valence electrons. The lowest BCUT2D eigenvalue weighted by Crippen LogP contribution is -2.08. The molecule has 0 saturated carbocycles. The average Bonchev–Trinajstić information content (AvgIpc) is 2.50. The van der Waals surface area contributed by atoms with Crippen LogP contribution in [0.2, 0.25) is 0 Å². The van der Waals surface area contributed by atoms with Crippen LogP contribution < -0.4 is 10.5 Å². The molecular weight excluding hydrogens is 260 g/mol. The summed E-state index contributed by atoms with van der Waals surface area (Å²) in [5.74, 6) is 1.57. The Kier molecular flexibility index (Phi) is 4.62. The van der Waals surface area contributed by atoms with Crippen LogP contribution in [0.5, 0.6) is 11.5 Å². The number of benzene rings is 2. The van der Waals surface area contributed by atoms with Crippen LogP contribution in [-0.4, -0.2) is 0 Å². The molecule has 0 aliphatic heterocycles. The lowest BCUT2D eigenvalue weighted by atomic mass is 10.0. The molecule has 1 unspecified atom stereocenters. The molecule has 0 spiro atoms. The lowest BCUT2D eigenvalue weighted by molar-refractivity contribution is 0.473. The van der Waals surface area contributed by atoms with Crippen molar-refractivity contribution in [1.29, 1.82) is 5.26 Å². The van der Waals surface area contributed by atoms with Crippen LogP contribution >= 0.6 is 0 Å². The zero-order chi connectivity index (χ0) is 15.4. The fourth-order valence-corrected chi connectivity index (χ4v) is 2.34. The van der Waals surface area contributed by atoms with Gasteiger partial charge in [-0.05, 0) is 61.2 Å². The molecular formula is C18H20N2O. The highest BCUT2D eigenvalue weighted by Crippen LogP contribution is 2.31. The summed E-state index contributed by atoms with van der Waals surface area (Å²) in [6.07, 6.45) is 0.887. The summed E-state index contributed by atoms with van der Waals surface area (Å²) < 4.78 is 6.01. The number of nitrogens with two attached hydrogens (primary N) is 1. The molecule has 2 aromatic carbocycles. The van der Waals surface area contributed by atoms with Crippen molar-refractivity contribution in [3.8, 4) is 17.6 Å². The molecule has 0 bridgehead atoms. The first-order chi connectivity index (χ1) is 10.0. The predicted molar refractivity (Wildman–Crippen MR) is 84.4 cm³/mol. The summed E-state index contributed by atoms with van der Waals surface area (Å²) in [7, 11) is 0. The Morgan fingerprint density at radius 1 is 1.19 bits per heavy atom. The predicted octanol–water partition coefficient (Wildman–Crippen LogP) is 4.38. The normalized spacial score (nSPS) is 11.8. The van der Waals surface area contributed by atoms with Crippen molar-refractivity contribution >= 4 is 0 Å². The Balaban J connectivity index is 2.33. The van der Waals surface area contributed by atoms with E-state index in [9.17, 15) is 0 Å². The number of hydrogen-bond donors (Lipinski definition) is 1. The van der Waals surface area contributed by atoms with E-state index >= 15 is 0 Å². The molecule has 0 aromatic heterocycles. The van der Waals surface area contributed by atoms with Gasteiger partial charge in [-0.25, -0.2) is 0 Å². The number of hydrogen-bond acceptors (Lipinski definition) is 3. The third kappa shape index (κ3) is 3.42. The second kappa shape index (κ2) is 6.43. The van der Waals surface area contributed by atoms with Crippen LogP contribution in [0.15, 0.2) is 36.4 Å². The molecule has 3 nitrogen and oxygen atoms in total. The molecule has 0 aliphatic carbocycles. The van der Waals surface area contributed by atoms with E-state index in [0.717, 1.165) is 34.6 Å². The molecule has 0 amide bonds. The van der Waals surface area contributed by atoms with E-state index in [-0.39, 0.29) is 6.04 Å². The number of nitriles is 1. The molecule has 2 aromatic rings. The number of rotatable bonds is 4. The quantitative estimate of drug-likeness (QED) is 0.904. The maximum Gasteiger partial charge on any atom is 0.133 e. The van der Waals surface area contributed by atoms with Gasteiger partial charge in [-0.2, -0.15) is 5.26 Å². The topological polar surface area (TPSA) is 59.0 Å². The third-order valence-corrected chi connectivity index (χ3v) is 3.54. The molecule has 0 heterocycles. The minimum atomic E-state index is 0.0247. The molecule has 0 saturated heterocycles. The molecule has 2 rings (SSSR count). The Hall–Kier alpha value is -2.31. The van der Waals surface area contributed by atoms with Crippen molar-refractivity contribution in [3.05, 3.63) is 58.7 Å². The van der Waals surface area contributed by atoms with Crippen molar-refractivity contribution < 1.29 is 4.74 Å². The monoisotopic (exact) mass is 280 g/mol. The first kappa shape index (κ1) is 15.1. The third-order valence-electron chi connectivity index (χ3n) is 3.54. The summed E-state index contributed by atoms with van der Waals surface area (Å²) in [5, 5.41) is 8.99. The largest absolute Gasteiger partial charge is 0.457 e. The molecule has 2 N–H and O–H groups in total. The molecule has 1 atom stereocenters. The second-order valence-electron chi connectivity index (χ2n) is 5.24. The fraction of sp³-hybridized carbons (Fsp3) is 0.278. The van der Waals surface area contributed by atoms with Crippen molar-refractivity contribution in [2.45, 2.75) is 33.2 Å². The van der Waals surface area contributed by atoms with E-state index in [1.807, 2.05) is 50.2 Å². The second-order valence-corrected chi connectivity index (χ2v) is 5.24. The van der Waals surface area contributed by atoms with E-state index in [1.165, 1.54) is 0 Å². The number of aryl methyl sites for hydroxylation is 2. The van der Waals surface area contributed by atoms with Crippen molar-refractivity contribution in [3.63, 3.8) is 0 Å². The molecule has 21 heavy (non-hydrogen) atoms. The van der Waals surface area contributed by atoms with Gasteiger partial charge >= 0.3 is 0 Å². The highest BCUT2D eigenvalue weighted by atomic mass is 16.5. The van der Waals surface area contributed by atoms with E-state index in [4.69, 9.17) is 15.7 Å². The van der Waals surface area contributed by atoms with E-state index < -0.39 is 0 Å². The SMILES string of the molecule is CCC(N)c1cccc(Oc2c(C)cc(C#N)cc2C)c1. The fourth-order valence-electron chi connectivity index (χ4n) is 2.34. The summed E-state index contributed by atoms with van der Waals surface area (Å²) in [6.45, 7) is 5.96. The number of nitrogens with zero attached hydrogens (tertiary/aromatic N) is 1. The van der Waals surface area contributed by atoms with Crippen LogP contribution in [0.25, 0.3) is 0 Å². The van der Waals surface area contributed by atoms with Crippen molar-refractivity contribution in [2.24, 2.45) is 5.73 Å². The van der Waals surface area contributed by atoms with Crippen LogP contribution in [0.3, 0.4) is 0 Å². The van der Waals surface area contributed by atoms with Gasteiger partial charge in [0.25, 0.3) is 0 Å². The molecule has 0 aliphatic rings. The van der Waals surface area contributed by atoms with Crippen LogP contribution in [0.1, 0.15) is 41.6 Å². The number of ether oxygens (including phenoxy) is 1. The first-order valence-electron chi connectivity index (χ1n) is 7.10. The standard InChI is InChI=1S/C18H20N2O/c1-4-17(20)15-6-5-7-16(10-15)21-18-12(2)8-14(11-19)9-13(18)3/h5-10,17H,4,20H2,1-3H3. The van der Waals surface area contributed by atoms with Gasteiger partial charge in [0.15, 0.2) is 0 Å². The first-order valence-corrected chi connectivity index (χ1v) is 7.10. The van der Waals surface area contributed by atoms with Crippen LogP contribution in [0, 0.1) is 25.2 Å². The zero-order valence-electron chi connectivity index (χ0n) is 12.7. The van der Waals surface area contributed by atoms with E-state index in [0.29, 0.717) is 5.56 Å². The maximum absolute atomic E-state index is 8.99. The van der Waals surface area contributed by atoms with E-state index in [1.54, 1.807) is 0 Å². The highest BCUT2D eigenvalue weighted by molar-refractivity contribution is 5.49. The van der Waals surface area contributed by atoms with Gasteiger partial charge in [-0.3, -0.25) is 0 Å². The van der Waals surface area contributed by atoms with Crippen molar-refractivity contribution in [1.82, 2.24) is 0 Å². The molecule has 0 fully saturated rings. The Morgan fingerprint density at radius 2 is 1.86 bits per heavy atom. The van der Waals surface area contributed by atoms with E-state index in [2.05, 4.69) is 13.0 Å². The van der Waals surface area contributed by atoms with Gasteiger partial charge in [-0.1, -0.05) is 19.1 Å². The van der Waals surface area contributed by atoms with Crippen LogP contribution in [-0.2, 0) is 0 Å². The molecule has 3 heteroatoms. The van der Waals surface area contributed by atoms with Gasteiger partial charge in [0.1, 0.15) is 11.5 Å². The molecule has 0 radical (unpaired) electrons. The Labute approximate surface area is 126 Å². The van der Waals surface area contributed by atoms with Gasteiger partial charge in [0.05, 0.1) is 11.6 Å². The van der Waals surface area contributed by atoms with Crippen molar-refractivity contribution in [2.75, 3.05) is 0 Å². The summed E-state index contributed by atoms with van der Waals surface area (Å²) in [6, 6.07) is 13.7. The van der Waals surface area contributed by atoms with Crippen LogP contribution in [0.4, 0.5) is 0 Å². The summed E-state index contributed by atoms with van der Waals surface area (Å²) in [4.78, 5) is 0. The summed E-state index contributed by atoms with van der Waals surface area (Å²) >= 11 is 0. The lowest BCUT2D eigenvalue weighted by Gasteiger charge is -2.14. The Bertz CT molecular complexity index is 663. The summed E-state index contributed by atoms with van der Waals surface area (Å²) in [5.41, 5.74) is 9.69. The van der Waals surface area contributed by atoms with Gasteiger partial charge in [-0.15, -0.1) is 0 Å². The Morgan fingerprint density at radius 3 is 2.43 bits per heavy atom. The zero-order valence-corrected chi connectivity index (χ0v) is 12.7. The average molecular weight is 280 g/mol. The minimum absolute atomic E-state index is 0.0247. The van der Waals surface area contributed by atoms with Gasteiger partial charge < -0.3 is 10.5 Å². The highest BCUT2D eigenvalue weighted by Gasteiger charge is 2.09.